The number of nitrogens with one attached hydrogen (secondary N) is 3. The smallest absolute Gasteiger partial charge is 0.269 e. The Labute approximate surface area is 176 Å². The summed E-state index contributed by atoms with van der Waals surface area (Å²) in [5.74, 6) is 0.536. The third kappa shape index (κ3) is 6.60. The summed E-state index contributed by atoms with van der Waals surface area (Å²) in [6.07, 6.45) is 7.51. The highest BCUT2D eigenvalue weighted by Gasteiger charge is 2.21. The van der Waals surface area contributed by atoms with E-state index in [-0.39, 0.29) is 11.6 Å². The summed E-state index contributed by atoms with van der Waals surface area (Å²) in [5, 5.41) is 20.7. The highest BCUT2D eigenvalue weighted by molar-refractivity contribution is 5.83. The summed E-state index contributed by atoms with van der Waals surface area (Å²) in [7, 11) is 0. The van der Waals surface area contributed by atoms with Crippen LogP contribution >= 0.6 is 0 Å². The van der Waals surface area contributed by atoms with Gasteiger partial charge in [0, 0.05) is 31.1 Å². The first-order valence-electron chi connectivity index (χ1n) is 10.5. The van der Waals surface area contributed by atoms with Gasteiger partial charge < -0.3 is 16.0 Å². The Morgan fingerprint density at radius 2 is 1.83 bits per heavy atom. The average molecular weight is 412 g/mol. The number of rotatable bonds is 10. The lowest BCUT2D eigenvalue weighted by molar-refractivity contribution is -0.384. The van der Waals surface area contributed by atoms with Gasteiger partial charge >= 0.3 is 0 Å². The lowest BCUT2D eigenvalue weighted by Crippen LogP contribution is -2.39. The standard InChI is InChI=1S/C22H29N5O3/c28-22(26-16-10-18-7-13-24-14-8-18)21(19-1-3-20(4-2-19)27(29)30)25-15-9-17-5-11-23-12-6-17/h1-4,7-8,13-14,17,21,23,25H,5-6,9-12,15-16H2,(H,26,28). The molecule has 0 spiro atoms. The Hall–Kier alpha value is -2.84. The van der Waals surface area contributed by atoms with Crippen molar-refractivity contribution in [2.75, 3.05) is 26.2 Å². The fraction of sp³-hybridized carbons (Fsp3) is 0.455. The van der Waals surface area contributed by atoms with Gasteiger partial charge in [-0.25, -0.2) is 0 Å². The van der Waals surface area contributed by atoms with E-state index in [0.717, 1.165) is 56.4 Å². The van der Waals surface area contributed by atoms with E-state index in [0.29, 0.717) is 12.5 Å². The van der Waals surface area contributed by atoms with Crippen LogP contribution in [0.2, 0.25) is 0 Å². The molecule has 160 valence electrons. The van der Waals surface area contributed by atoms with E-state index in [9.17, 15) is 14.9 Å². The number of nitro benzene ring substituents is 1. The molecule has 3 rings (SSSR count). The molecular weight excluding hydrogens is 382 g/mol. The molecule has 1 unspecified atom stereocenters. The van der Waals surface area contributed by atoms with Crippen LogP contribution < -0.4 is 16.0 Å². The van der Waals surface area contributed by atoms with Crippen molar-refractivity contribution in [3.05, 3.63) is 70.0 Å². The van der Waals surface area contributed by atoms with E-state index >= 15 is 0 Å². The van der Waals surface area contributed by atoms with Gasteiger partial charge in [-0.1, -0.05) is 12.1 Å². The Morgan fingerprint density at radius 3 is 2.50 bits per heavy atom. The number of nitro groups is 1. The normalized spacial score (nSPS) is 15.5. The molecule has 0 radical (unpaired) electrons. The molecule has 3 N–H and O–H groups in total. The fourth-order valence-electron chi connectivity index (χ4n) is 3.73. The second-order valence-corrected chi connectivity index (χ2v) is 7.61. The van der Waals surface area contributed by atoms with Gasteiger partial charge in [-0.2, -0.15) is 0 Å². The van der Waals surface area contributed by atoms with Gasteiger partial charge in [0.05, 0.1) is 4.92 Å². The molecule has 1 aliphatic heterocycles. The zero-order valence-corrected chi connectivity index (χ0v) is 17.0. The summed E-state index contributed by atoms with van der Waals surface area (Å²) in [6.45, 7) is 3.34. The van der Waals surface area contributed by atoms with Crippen molar-refractivity contribution in [3.8, 4) is 0 Å². The number of hydrogen-bond donors (Lipinski definition) is 3. The lowest BCUT2D eigenvalue weighted by Gasteiger charge is -2.24. The van der Waals surface area contributed by atoms with Gasteiger partial charge in [0.2, 0.25) is 5.91 Å². The summed E-state index contributed by atoms with van der Waals surface area (Å²) in [6, 6.07) is 9.52. The first kappa shape index (κ1) is 21.9. The maximum Gasteiger partial charge on any atom is 0.269 e. The molecule has 0 bridgehead atoms. The van der Waals surface area contributed by atoms with Gasteiger partial charge in [0.15, 0.2) is 0 Å². The minimum atomic E-state index is -0.537. The molecule has 1 aromatic carbocycles. The Kier molecular flexibility index (Phi) is 8.29. The average Bonchev–Trinajstić information content (AvgIpc) is 2.78. The molecular formula is C22H29N5O3. The second-order valence-electron chi connectivity index (χ2n) is 7.61. The van der Waals surface area contributed by atoms with E-state index in [1.165, 1.54) is 12.1 Å². The van der Waals surface area contributed by atoms with Crippen molar-refractivity contribution in [2.45, 2.75) is 31.7 Å². The number of non-ortho nitro benzene ring substituents is 1. The number of hydrogen-bond acceptors (Lipinski definition) is 6. The van der Waals surface area contributed by atoms with Gasteiger partial charge in [-0.15, -0.1) is 0 Å². The largest absolute Gasteiger partial charge is 0.354 e. The van der Waals surface area contributed by atoms with Crippen LogP contribution in [-0.2, 0) is 11.2 Å². The minimum Gasteiger partial charge on any atom is -0.354 e. The maximum atomic E-state index is 12.9. The number of piperidine rings is 1. The third-order valence-corrected chi connectivity index (χ3v) is 5.52. The van der Waals surface area contributed by atoms with Crippen molar-refractivity contribution in [1.82, 2.24) is 20.9 Å². The predicted octanol–water partition coefficient (Wildman–Crippen LogP) is 2.37. The number of aromatic nitrogens is 1. The summed E-state index contributed by atoms with van der Waals surface area (Å²) in [5.41, 5.74) is 1.86. The summed E-state index contributed by atoms with van der Waals surface area (Å²) < 4.78 is 0. The fourth-order valence-corrected chi connectivity index (χ4v) is 3.73. The number of carbonyl (C=O) groups excluding carboxylic acids is 1. The molecule has 1 aromatic heterocycles. The molecule has 8 nitrogen and oxygen atoms in total. The van der Waals surface area contributed by atoms with Crippen molar-refractivity contribution in [3.63, 3.8) is 0 Å². The van der Waals surface area contributed by atoms with Crippen LogP contribution in [0, 0.1) is 16.0 Å². The van der Waals surface area contributed by atoms with Gasteiger partial charge in [-0.05, 0) is 74.5 Å². The van der Waals surface area contributed by atoms with Crippen LogP contribution in [0.3, 0.4) is 0 Å². The highest BCUT2D eigenvalue weighted by atomic mass is 16.6. The zero-order valence-electron chi connectivity index (χ0n) is 17.0. The van der Waals surface area contributed by atoms with Crippen LogP contribution in [0.1, 0.15) is 36.4 Å². The molecule has 2 aromatic rings. The van der Waals surface area contributed by atoms with E-state index in [2.05, 4.69) is 20.9 Å². The molecule has 1 amide bonds. The Bertz CT molecular complexity index is 807. The Balaban J connectivity index is 1.59. The first-order valence-corrected chi connectivity index (χ1v) is 10.5. The molecule has 8 heteroatoms. The monoisotopic (exact) mass is 411 g/mol. The molecule has 2 heterocycles. The summed E-state index contributed by atoms with van der Waals surface area (Å²) >= 11 is 0. The lowest BCUT2D eigenvalue weighted by atomic mass is 9.94. The molecule has 1 fully saturated rings. The van der Waals surface area contributed by atoms with Crippen LogP contribution in [0.25, 0.3) is 0 Å². The Morgan fingerprint density at radius 1 is 1.13 bits per heavy atom. The van der Waals surface area contributed by atoms with Crippen LogP contribution in [0.15, 0.2) is 48.8 Å². The van der Waals surface area contributed by atoms with E-state index in [1.807, 2.05) is 12.1 Å². The quantitative estimate of drug-likeness (QED) is 0.409. The van der Waals surface area contributed by atoms with Crippen LogP contribution in [0.5, 0.6) is 0 Å². The number of benzene rings is 1. The molecule has 1 atom stereocenters. The zero-order chi connectivity index (χ0) is 21.2. The number of amides is 1. The molecule has 1 aliphatic rings. The predicted molar refractivity (Wildman–Crippen MR) is 115 cm³/mol. The maximum absolute atomic E-state index is 12.9. The molecule has 0 saturated carbocycles. The topological polar surface area (TPSA) is 109 Å². The van der Waals surface area contributed by atoms with E-state index in [4.69, 9.17) is 0 Å². The van der Waals surface area contributed by atoms with Crippen molar-refractivity contribution < 1.29 is 9.72 Å². The SMILES string of the molecule is O=C(NCCc1ccncc1)C(NCCC1CCNCC1)c1ccc([N+](=O)[O-])cc1. The number of pyridine rings is 1. The van der Waals surface area contributed by atoms with Crippen molar-refractivity contribution in [2.24, 2.45) is 5.92 Å². The first-order chi connectivity index (χ1) is 14.6. The van der Waals surface area contributed by atoms with Crippen molar-refractivity contribution >= 4 is 11.6 Å². The van der Waals surface area contributed by atoms with E-state index < -0.39 is 11.0 Å². The van der Waals surface area contributed by atoms with Gasteiger partial charge in [0.1, 0.15) is 6.04 Å². The second kappa shape index (κ2) is 11.4. The van der Waals surface area contributed by atoms with Crippen LogP contribution in [-0.4, -0.2) is 42.0 Å². The van der Waals surface area contributed by atoms with Gasteiger partial charge in [-0.3, -0.25) is 19.9 Å². The molecule has 1 saturated heterocycles. The number of carbonyl (C=O) groups is 1. The highest BCUT2D eigenvalue weighted by Crippen LogP contribution is 2.20. The molecule has 30 heavy (non-hydrogen) atoms. The minimum absolute atomic E-state index is 0.0188. The van der Waals surface area contributed by atoms with Crippen LogP contribution in [0.4, 0.5) is 5.69 Å². The number of nitrogens with zero attached hydrogens (tertiary/aromatic N) is 2. The summed E-state index contributed by atoms with van der Waals surface area (Å²) in [4.78, 5) is 27.4. The third-order valence-electron chi connectivity index (χ3n) is 5.52. The van der Waals surface area contributed by atoms with E-state index in [1.54, 1.807) is 24.5 Å². The van der Waals surface area contributed by atoms with Gasteiger partial charge in [0.25, 0.3) is 5.69 Å². The van der Waals surface area contributed by atoms with Crippen molar-refractivity contribution in [1.29, 1.82) is 0 Å². The molecule has 0 aliphatic carbocycles.